The minimum Gasteiger partial charge on any atom is -0.478 e. The Hall–Kier alpha value is -1.42. The maximum Gasteiger partial charge on any atom is 0.336 e. The second-order valence-electron chi connectivity index (χ2n) is 3.69. The molecule has 1 aromatic carbocycles. The van der Waals surface area contributed by atoms with E-state index in [1.165, 1.54) is 6.07 Å². The van der Waals surface area contributed by atoms with E-state index in [1.54, 1.807) is 6.07 Å². The molecular weight excluding hydrogens is 197 g/mol. The molecule has 0 saturated carbocycles. The highest BCUT2D eigenvalue weighted by Crippen LogP contribution is 2.26. The van der Waals surface area contributed by atoms with E-state index in [0.717, 1.165) is 25.5 Å². The van der Waals surface area contributed by atoms with Crippen LogP contribution in [0.25, 0.3) is 0 Å². The van der Waals surface area contributed by atoms with Crippen LogP contribution < -0.4 is 5.32 Å². The molecule has 4 heteroatoms. The lowest BCUT2D eigenvalue weighted by Gasteiger charge is -2.13. The summed E-state index contributed by atoms with van der Waals surface area (Å²) in [4.78, 5) is 10.9. The van der Waals surface area contributed by atoms with Gasteiger partial charge in [0.15, 0.2) is 0 Å². The molecule has 1 aliphatic heterocycles. The number of hydrogen-bond donors (Lipinski definition) is 2. The summed E-state index contributed by atoms with van der Waals surface area (Å²) in [6.07, 6.45) is 1.94. The SMILES string of the molecule is O=C(O)c1cc(F)ccc1[C@@H]1CCCN1. The zero-order valence-corrected chi connectivity index (χ0v) is 8.16. The molecule has 2 rings (SSSR count). The average Bonchev–Trinajstić information content (AvgIpc) is 2.70. The van der Waals surface area contributed by atoms with Crippen molar-refractivity contribution in [3.63, 3.8) is 0 Å². The second kappa shape index (κ2) is 3.98. The second-order valence-corrected chi connectivity index (χ2v) is 3.69. The summed E-state index contributed by atoms with van der Waals surface area (Å²) in [5.41, 5.74) is 0.746. The van der Waals surface area contributed by atoms with E-state index in [1.807, 2.05) is 0 Å². The molecule has 0 amide bonds. The van der Waals surface area contributed by atoms with Gasteiger partial charge in [0.05, 0.1) is 5.56 Å². The molecule has 0 spiro atoms. The lowest BCUT2D eigenvalue weighted by atomic mass is 9.99. The fraction of sp³-hybridized carbons (Fsp3) is 0.364. The molecular formula is C11H12FNO2. The van der Waals surface area contributed by atoms with E-state index in [2.05, 4.69) is 5.32 Å². The molecule has 1 saturated heterocycles. The van der Waals surface area contributed by atoms with Crippen molar-refractivity contribution in [2.75, 3.05) is 6.54 Å². The van der Waals surface area contributed by atoms with Gasteiger partial charge in [0.2, 0.25) is 0 Å². The first kappa shape index (κ1) is 10.1. The van der Waals surface area contributed by atoms with Crippen LogP contribution >= 0.6 is 0 Å². The number of carboxylic acids is 1. The van der Waals surface area contributed by atoms with E-state index in [0.29, 0.717) is 5.56 Å². The molecule has 0 radical (unpaired) electrons. The van der Waals surface area contributed by atoms with Crippen LogP contribution in [-0.4, -0.2) is 17.6 Å². The molecule has 1 atom stereocenters. The van der Waals surface area contributed by atoms with E-state index < -0.39 is 11.8 Å². The normalized spacial score (nSPS) is 20.5. The smallest absolute Gasteiger partial charge is 0.336 e. The van der Waals surface area contributed by atoms with Gasteiger partial charge in [-0.1, -0.05) is 6.07 Å². The molecule has 2 N–H and O–H groups in total. The number of rotatable bonds is 2. The molecule has 0 aliphatic carbocycles. The van der Waals surface area contributed by atoms with Crippen LogP contribution in [0.4, 0.5) is 4.39 Å². The zero-order chi connectivity index (χ0) is 10.8. The topological polar surface area (TPSA) is 49.3 Å². The standard InChI is InChI=1S/C11H12FNO2/c12-7-3-4-8(9(6-7)11(14)15)10-2-1-5-13-10/h3-4,6,10,13H,1-2,5H2,(H,14,15)/t10-/m0/s1. The number of carboxylic acid groups (broad SMARTS) is 1. The van der Waals surface area contributed by atoms with Crippen LogP contribution in [0, 0.1) is 5.82 Å². The van der Waals surface area contributed by atoms with Crippen molar-refractivity contribution < 1.29 is 14.3 Å². The van der Waals surface area contributed by atoms with Gasteiger partial charge in [-0.05, 0) is 37.1 Å². The van der Waals surface area contributed by atoms with Crippen molar-refractivity contribution in [1.29, 1.82) is 0 Å². The number of benzene rings is 1. The largest absolute Gasteiger partial charge is 0.478 e. The molecule has 1 aliphatic rings. The quantitative estimate of drug-likeness (QED) is 0.782. The molecule has 1 heterocycles. The average molecular weight is 209 g/mol. The minimum atomic E-state index is -1.07. The van der Waals surface area contributed by atoms with Gasteiger partial charge < -0.3 is 10.4 Å². The highest BCUT2D eigenvalue weighted by Gasteiger charge is 2.22. The Kier molecular flexibility index (Phi) is 2.68. The molecule has 0 unspecified atom stereocenters. The third-order valence-corrected chi connectivity index (χ3v) is 2.68. The van der Waals surface area contributed by atoms with Crippen LogP contribution in [0.3, 0.4) is 0 Å². The lowest BCUT2D eigenvalue weighted by Crippen LogP contribution is -2.16. The predicted molar refractivity (Wildman–Crippen MR) is 53.3 cm³/mol. The first-order chi connectivity index (χ1) is 7.18. The Balaban J connectivity index is 2.40. The predicted octanol–water partition coefficient (Wildman–Crippen LogP) is 1.95. The summed E-state index contributed by atoms with van der Waals surface area (Å²) in [7, 11) is 0. The zero-order valence-electron chi connectivity index (χ0n) is 8.16. The van der Waals surface area contributed by atoms with Gasteiger partial charge in [0, 0.05) is 6.04 Å². The molecule has 0 aromatic heterocycles. The fourth-order valence-corrected chi connectivity index (χ4v) is 1.97. The summed E-state index contributed by atoms with van der Waals surface area (Å²) >= 11 is 0. The number of aromatic carboxylic acids is 1. The van der Waals surface area contributed by atoms with Gasteiger partial charge in [-0.25, -0.2) is 9.18 Å². The first-order valence-corrected chi connectivity index (χ1v) is 4.94. The van der Waals surface area contributed by atoms with Gasteiger partial charge in [-0.3, -0.25) is 0 Å². The molecule has 15 heavy (non-hydrogen) atoms. The van der Waals surface area contributed by atoms with Gasteiger partial charge >= 0.3 is 5.97 Å². The van der Waals surface area contributed by atoms with Crippen LogP contribution in [0.5, 0.6) is 0 Å². The van der Waals surface area contributed by atoms with Crippen LogP contribution in [-0.2, 0) is 0 Å². The van der Waals surface area contributed by atoms with Crippen LogP contribution in [0.2, 0.25) is 0 Å². The van der Waals surface area contributed by atoms with E-state index >= 15 is 0 Å². The van der Waals surface area contributed by atoms with Crippen molar-refractivity contribution >= 4 is 5.97 Å². The molecule has 1 aromatic rings. The highest BCUT2D eigenvalue weighted by atomic mass is 19.1. The molecule has 1 fully saturated rings. The van der Waals surface area contributed by atoms with E-state index in [9.17, 15) is 9.18 Å². The van der Waals surface area contributed by atoms with Gasteiger partial charge in [-0.2, -0.15) is 0 Å². The maximum absolute atomic E-state index is 12.9. The minimum absolute atomic E-state index is 0.0525. The van der Waals surface area contributed by atoms with E-state index in [-0.39, 0.29) is 11.6 Å². The maximum atomic E-state index is 12.9. The lowest BCUT2D eigenvalue weighted by molar-refractivity contribution is 0.0694. The van der Waals surface area contributed by atoms with Crippen molar-refractivity contribution in [3.05, 3.63) is 35.1 Å². The summed E-state index contributed by atoms with van der Waals surface area (Å²) in [6.45, 7) is 0.890. The van der Waals surface area contributed by atoms with Crippen LogP contribution in [0.1, 0.15) is 34.8 Å². The summed E-state index contributed by atoms with van der Waals surface area (Å²) in [6, 6.07) is 4.00. The van der Waals surface area contributed by atoms with Crippen molar-refractivity contribution in [2.45, 2.75) is 18.9 Å². The van der Waals surface area contributed by atoms with Crippen molar-refractivity contribution in [1.82, 2.24) is 5.32 Å². The van der Waals surface area contributed by atoms with Crippen molar-refractivity contribution in [2.24, 2.45) is 0 Å². The Morgan fingerprint density at radius 1 is 1.53 bits per heavy atom. The third kappa shape index (κ3) is 1.99. The molecule has 80 valence electrons. The van der Waals surface area contributed by atoms with Gasteiger partial charge in [0.25, 0.3) is 0 Å². The fourth-order valence-electron chi connectivity index (χ4n) is 1.97. The molecule has 0 bridgehead atoms. The monoisotopic (exact) mass is 209 g/mol. The summed E-state index contributed by atoms with van der Waals surface area (Å²) < 4.78 is 12.9. The van der Waals surface area contributed by atoms with Crippen LogP contribution in [0.15, 0.2) is 18.2 Å². The number of halogens is 1. The van der Waals surface area contributed by atoms with Gasteiger partial charge in [-0.15, -0.1) is 0 Å². The van der Waals surface area contributed by atoms with E-state index in [4.69, 9.17) is 5.11 Å². The Bertz CT molecular complexity index is 386. The summed E-state index contributed by atoms with van der Waals surface area (Å²) in [5, 5.41) is 12.2. The Morgan fingerprint density at radius 2 is 2.33 bits per heavy atom. The number of nitrogens with one attached hydrogen (secondary N) is 1. The number of hydrogen-bond acceptors (Lipinski definition) is 2. The highest BCUT2D eigenvalue weighted by molar-refractivity contribution is 5.89. The summed E-state index contributed by atoms with van der Waals surface area (Å²) in [5.74, 6) is -1.58. The third-order valence-electron chi connectivity index (χ3n) is 2.68. The Labute approximate surface area is 86.9 Å². The first-order valence-electron chi connectivity index (χ1n) is 4.94. The molecule has 3 nitrogen and oxygen atoms in total. The number of carbonyl (C=O) groups is 1. The Morgan fingerprint density at radius 3 is 2.93 bits per heavy atom. The van der Waals surface area contributed by atoms with Gasteiger partial charge in [0.1, 0.15) is 5.82 Å². The van der Waals surface area contributed by atoms with Crippen molar-refractivity contribution in [3.8, 4) is 0 Å².